The highest BCUT2D eigenvalue weighted by atomic mass is 19.1. The van der Waals surface area contributed by atoms with Gasteiger partial charge in [0.25, 0.3) is 0 Å². The minimum absolute atomic E-state index is 0.244. The molecule has 0 aliphatic heterocycles. The number of hydroxylamine groups is 1. The van der Waals surface area contributed by atoms with Gasteiger partial charge in [-0.15, -0.1) is 0 Å². The van der Waals surface area contributed by atoms with Crippen molar-refractivity contribution in [2.45, 2.75) is 38.3 Å². The maximum Gasteiger partial charge on any atom is 0.338 e. The van der Waals surface area contributed by atoms with Crippen LogP contribution in [0.2, 0.25) is 0 Å². The molecule has 0 unspecified atom stereocenters. The van der Waals surface area contributed by atoms with Crippen LogP contribution in [0.4, 0.5) is 4.39 Å². The third-order valence-corrected chi connectivity index (χ3v) is 3.09. The molecule has 0 bridgehead atoms. The lowest BCUT2D eigenvalue weighted by Crippen LogP contribution is -2.21. The zero-order valence-corrected chi connectivity index (χ0v) is 9.99. The Bertz CT molecular complexity index is 430. The van der Waals surface area contributed by atoms with Crippen molar-refractivity contribution in [2.75, 3.05) is 0 Å². The zero-order valence-electron chi connectivity index (χ0n) is 9.99. The average molecular weight is 253 g/mol. The molecule has 2 N–H and O–H groups in total. The van der Waals surface area contributed by atoms with Gasteiger partial charge in [0, 0.05) is 6.54 Å². The molecule has 1 saturated carbocycles. The van der Waals surface area contributed by atoms with Crippen molar-refractivity contribution in [1.29, 1.82) is 0 Å². The minimum Gasteiger partial charge on any atom is -0.478 e. The van der Waals surface area contributed by atoms with E-state index in [2.05, 4.69) is 5.48 Å². The van der Waals surface area contributed by atoms with Crippen molar-refractivity contribution in [3.05, 3.63) is 35.1 Å². The molecule has 18 heavy (non-hydrogen) atoms. The quantitative estimate of drug-likeness (QED) is 0.791. The Balaban J connectivity index is 1.85. The van der Waals surface area contributed by atoms with Crippen LogP contribution >= 0.6 is 0 Å². The normalized spacial score (nSPS) is 16.1. The molecule has 1 aromatic carbocycles. The first kappa shape index (κ1) is 13.0. The molecule has 0 aromatic heterocycles. The standard InChI is InChI=1S/C13H16FNO3/c14-12-7-9(5-6-11(12)13(16)17)8-15-18-10-3-1-2-4-10/h5-7,10,15H,1-4,8H2,(H,16,17). The second-order valence-electron chi connectivity index (χ2n) is 4.46. The van der Waals surface area contributed by atoms with Crippen LogP contribution in [-0.4, -0.2) is 17.2 Å². The Labute approximate surface area is 105 Å². The summed E-state index contributed by atoms with van der Waals surface area (Å²) in [6.45, 7) is 0.368. The van der Waals surface area contributed by atoms with Crippen molar-refractivity contribution >= 4 is 5.97 Å². The van der Waals surface area contributed by atoms with Crippen LogP contribution in [0, 0.1) is 5.82 Å². The highest BCUT2D eigenvalue weighted by Gasteiger charge is 2.15. The Hall–Kier alpha value is -1.46. The van der Waals surface area contributed by atoms with Crippen molar-refractivity contribution in [2.24, 2.45) is 0 Å². The number of carboxylic acids is 1. The van der Waals surface area contributed by atoms with Gasteiger partial charge in [-0.1, -0.05) is 18.9 Å². The van der Waals surface area contributed by atoms with Crippen LogP contribution < -0.4 is 5.48 Å². The summed E-state index contributed by atoms with van der Waals surface area (Å²) in [6, 6.07) is 4.07. The molecule has 4 nitrogen and oxygen atoms in total. The Morgan fingerprint density at radius 3 is 2.78 bits per heavy atom. The average Bonchev–Trinajstić information content (AvgIpc) is 2.81. The summed E-state index contributed by atoms with van der Waals surface area (Å²) in [7, 11) is 0. The number of carbonyl (C=O) groups is 1. The minimum atomic E-state index is -1.26. The second-order valence-corrected chi connectivity index (χ2v) is 4.46. The Kier molecular flexibility index (Phi) is 4.28. The van der Waals surface area contributed by atoms with E-state index in [4.69, 9.17) is 9.94 Å². The number of hydrogen-bond donors (Lipinski definition) is 2. The fraction of sp³-hybridized carbons (Fsp3) is 0.462. The fourth-order valence-electron chi connectivity index (χ4n) is 2.09. The molecular weight excluding hydrogens is 237 g/mol. The predicted molar refractivity (Wildman–Crippen MR) is 63.5 cm³/mol. The topological polar surface area (TPSA) is 58.6 Å². The van der Waals surface area contributed by atoms with Gasteiger partial charge in [0.05, 0.1) is 11.7 Å². The number of nitrogens with one attached hydrogen (secondary N) is 1. The van der Waals surface area contributed by atoms with Gasteiger partial charge in [-0.2, -0.15) is 5.48 Å². The zero-order chi connectivity index (χ0) is 13.0. The van der Waals surface area contributed by atoms with E-state index in [9.17, 15) is 9.18 Å². The Morgan fingerprint density at radius 1 is 1.44 bits per heavy atom. The summed E-state index contributed by atoms with van der Waals surface area (Å²) in [6.07, 6.45) is 4.73. The van der Waals surface area contributed by atoms with Crippen molar-refractivity contribution < 1.29 is 19.1 Å². The first-order valence-electron chi connectivity index (χ1n) is 6.07. The number of aromatic carboxylic acids is 1. The third kappa shape index (κ3) is 3.27. The van der Waals surface area contributed by atoms with Gasteiger partial charge in [0.15, 0.2) is 0 Å². The molecule has 0 atom stereocenters. The maximum atomic E-state index is 13.4. The van der Waals surface area contributed by atoms with E-state index in [1.807, 2.05) is 0 Å². The third-order valence-electron chi connectivity index (χ3n) is 3.09. The molecule has 1 aliphatic carbocycles. The molecule has 0 saturated heterocycles. The number of hydrogen-bond acceptors (Lipinski definition) is 3. The summed E-state index contributed by atoms with van der Waals surface area (Å²) in [5.74, 6) is -1.98. The molecule has 1 fully saturated rings. The first-order valence-corrected chi connectivity index (χ1v) is 6.07. The molecule has 5 heteroatoms. The molecule has 2 rings (SSSR count). The van der Waals surface area contributed by atoms with Gasteiger partial charge in [-0.25, -0.2) is 9.18 Å². The summed E-state index contributed by atoms with van der Waals surface area (Å²) in [5.41, 5.74) is 3.16. The van der Waals surface area contributed by atoms with Crippen molar-refractivity contribution in [3.63, 3.8) is 0 Å². The second kappa shape index (κ2) is 5.93. The lowest BCUT2D eigenvalue weighted by atomic mass is 10.1. The van der Waals surface area contributed by atoms with E-state index in [-0.39, 0.29) is 11.7 Å². The SMILES string of the molecule is O=C(O)c1ccc(CNOC2CCCC2)cc1F. The molecule has 0 radical (unpaired) electrons. The van der Waals surface area contributed by atoms with Gasteiger partial charge in [0.1, 0.15) is 5.82 Å². The summed E-state index contributed by atoms with van der Waals surface area (Å²) in [5, 5.41) is 8.70. The number of halogens is 1. The maximum absolute atomic E-state index is 13.4. The first-order chi connectivity index (χ1) is 8.66. The highest BCUT2D eigenvalue weighted by molar-refractivity contribution is 5.87. The monoisotopic (exact) mass is 253 g/mol. The van der Waals surface area contributed by atoms with E-state index in [1.165, 1.54) is 25.0 Å². The largest absolute Gasteiger partial charge is 0.478 e. The van der Waals surface area contributed by atoms with Crippen molar-refractivity contribution in [3.8, 4) is 0 Å². The fourth-order valence-corrected chi connectivity index (χ4v) is 2.09. The smallest absolute Gasteiger partial charge is 0.338 e. The number of rotatable bonds is 5. The molecule has 0 heterocycles. The van der Waals surface area contributed by atoms with E-state index >= 15 is 0 Å². The summed E-state index contributed by atoms with van der Waals surface area (Å²) < 4.78 is 13.4. The van der Waals surface area contributed by atoms with Crippen LogP contribution in [0.25, 0.3) is 0 Å². The van der Waals surface area contributed by atoms with E-state index in [0.29, 0.717) is 12.1 Å². The summed E-state index contributed by atoms with van der Waals surface area (Å²) >= 11 is 0. The van der Waals surface area contributed by atoms with Gasteiger partial charge in [-0.3, -0.25) is 4.84 Å². The molecule has 0 spiro atoms. The molecular formula is C13H16FNO3. The van der Waals surface area contributed by atoms with Gasteiger partial charge in [-0.05, 0) is 30.5 Å². The molecule has 98 valence electrons. The molecule has 1 aliphatic rings. The summed E-state index contributed by atoms with van der Waals surface area (Å²) in [4.78, 5) is 16.1. The predicted octanol–water partition coefficient (Wildman–Crippen LogP) is 2.49. The Morgan fingerprint density at radius 2 is 2.17 bits per heavy atom. The van der Waals surface area contributed by atoms with E-state index < -0.39 is 11.8 Å². The van der Waals surface area contributed by atoms with E-state index in [1.54, 1.807) is 6.07 Å². The van der Waals surface area contributed by atoms with Gasteiger partial charge in [0.2, 0.25) is 0 Å². The van der Waals surface area contributed by atoms with Crippen LogP contribution in [0.15, 0.2) is 18.2 Å². The van der Waals surface area contributed by atoms with Crippen LogP contribution in [0.5, 0.6) is 0 Å². The van der Waals surface area contributed by atoms with Crippen LogP contribution in [0.3, 0.4) is 0 Å². The molecule has 1 aromatic rings. The number of carboxylic acid groups (broad SMARTS) is 1. The van der Waals surface area contributed by atoms with Crippen molar-refractivity contribution in [1.82, 2.24) is 5.48 Å². The lowest BCUT2D eigenvalue weighted by molar-refractivity contribution is -0.0244. The van der Waals surface area contributed by atoms with Crippen LogP contribution in [-0.2, 0) is 11.4 Å². The highest BCUT2D eigenvalue weighted by Crippen LogP contribution is 2.20. The lowest BCUT2D eigenvalue weighted by Gasteiger charge is -2.11. The van der Waals surface area contributed by atoms with Gasteiger partial charge >= 0.3 is 5.97 Å². The van der Waals surface area contributed by atoms with Gasteiger partial charge < -0.3 is 5.11 Å². The number of benzene rings is 1. The van der Waals surface area contributed by atoms with E-state index in [0.717, 1.165) is 12.8 Å². The molecule has 0 amide bonds. The van der Waals surface area contributed by atoms with Crippen LogP contribution in [0.1, 0.15) is 41.6 Å².